The first-order chi connectivity index (χ1) is 9.58. The summed E-state index contributed by atoms with van der Waals surface area (Å²) < 4.78 is 14.9. The van der Waals surface area contributed by atoms with Gasteiger partial charge in [0.15, 0.2) is 5.69 Å². The van der Waals surface area contributed by atoms with E-state index in [2.05, 4.69) is 10.4 Å². The van der Waals surface area contributed by atoms with Crippen LogP contribution in [0.5, 0.6) is 0 Å². The summed E-state index contributed by atoms with van der Waals surface area (Å²) in [4.78, 5) is 11.8. The first kappa shape index (κ1) is 14.2. The molecule has 1 aromatic heterocycles. The minimum Gasteiger partial charge on any atom is -0.393 e. The van der Waals surface area contributed by atoms with Crippen molar-refractivity contribution in [1.82, 2.24) is 15.1 Å². The third kappa shape index (κ3) is 3.42. The van der Waals surface area contributed by atoms with Gasteiger partial charge in [-0.3, -0.25) is 4.79 Å². The Kier molecular flexibility index (Phi) is 4.47. The lowest BCUT2D eigenvalue weighted by Crippen LogP contribution is -2.27. The molecular formula is C14H16FN3O2. The molecule has 2 aromatic rings. The number of aliphatic hydroxyl groups is 1. The van der Waals surface area contributed by atoms with E-state index in [0.29, 0.717) is 13.0 Å². The van der Waals surface area contributed by atoms with Gasteiger partial charge in [0.05, 0.1) is 6.10 Å². The molecular weight excluding hydrogens is 261 g/mol. The Balaban J connectivity index is 2.06. The van der Waals surface area contributed by atoms with E-state index in [-0.39, 0.29) is 17.3 Å². The predicted octanol–water partition coefficient (Wildman–Crippen LogP) is 1.51. The fourth-order valence-corrected chi connectivity index (χ4v) is 1.70. The molecule has 20 heavy (non-hydrogen) atoms. The highest BCUT2D eigenvalue weighted by molar-refractivity contribution is 5.92. The maximum Gasteiger partial charge on any atom is 0.271 e. The quantitative estimate of drug-likeness (QED) is 0.870. The van der Waals surface area contributed by atoms with Crippen LogP contribution < -0.4 is 5.32 Å². The van der Waals surface area contributed by atoms with E-state index < -0.39 is 11.9 Å². The molecule has 2 N–H and O–H groups in total. The number of amides is 1. The Hall–Kier alpha value is -2.21. The summed E-state index contributed by atoms with van der Waals surface area (Å²) >= 11 is 0. The number of hydrogen-bond acceptors (Lipinski definition) is 3. The summed E-state index contributed by atoms with van der Waals surface area (Å²) in [6.45, 7) is 2.02. The minimum absolute atomic E-state index is 0.207. The Labute approximate surface area is 116 Å². The lowest BCUT2D eigenvalue weighted by atomic mass is 10.3. The summed E-state index contributed by atoms with van der Waals surface area (Å²) in [5.41, 5.74) is 0.495. The highest BCUT2D eigenvalue weighted by atomic mass is 19.1. The standard InChI is InChI=1S/C14H16FN3O2/c1-10(19)6-8-16-14(20)12-7-9-18(17-12)13-5-3-2-4-11(13)15/h2-5,7,9-10,19H,6,8H2,1H3,(H,16,20). The number of halogens is 1. The van der Waals surface area contributed by atoms with Crippen LogP contribution in [-0.4, -0.2) is 33.4 Å². The fraction of sp³-hybridized carbons (Fsp3) is 0.286. The van der Waals surface area contributed by atoms with Gasteiger partial charge < -0.3 is 10.4 Å². The number of benzene rings is 1. The van der Waals surface area contributed by atoms with Crippen molar-refractivity contribution >= 4 is 5.91 Å². The van der Waals surface area contributed by atoms with Crippen LogP contribution >= 0.6 is 0 Å². The number of hydrogen-bond donors (Lipinski definition) is 2. The summed E-state index contributed by atoms with van der Waals surface area (Å²) in [6.07, 6.45) is 1.54. The maximum absolute atomic E-state index is 13.6. The second-order valence-electron chi connectivity index (χ2n) is 4.49. The molecule has 0 saturated carbocycles. The average molecular weight is 277 g/mol. The van der Waals surface area contributed by atoms with Crippen LogP contribution in [0.2, 0.25) is 0 Å². The molecule has 1 heterocycles. The van der Waals surface area contributed by atoms with Crippen molar-refractivity contribution in [3.63, 3.8) is 0 Å². The zero-order valence-electron chi connectivity index (χ0n) is 11.1. The first-order valence-electron chi connectivity index (χ1n) is 6.35. The fourth-order valence-electron chi connectivity index (χ4n) is 1.70. The summed E-state index contributed by atoms with van der Waals surface area (Å²) in [6, 6.07) is 7.72. The molecule has 2 rings (SSSR count). The average Bonchev–Trinajstić information content (AvgIpc) is 2.88. The number of nitrogens with zero attached hydrogens (tertiary/aromatic N) is 2. The number of carbonyl (C=O) groups is 1. The van der Waals surface area contributed by atoms with E-state index in [4.69, 9.17) is 5.11 Å². The third-order valence-corrected chi connectivity index (χ3v) is 2.77. The van der Waals surface area contributed by atoms with Crippen LogP contribution in [0.1, 0.15) is 23.8 Å². The van der Waals surface area contributed by atoms with Gasteiger partial charge >= 0.3 is 0 Å². The highest BCUT2D eigenvalue weighted by Crippen LogP contribution is 2.12. The van der Waals surface area contributed by atoms with E-state index >= 15 is 0 Å². The van der Waals surface area contributed by atoms with Crippen LogP contribution in [0.25, 0.3) is 5.69 Å². The lowest BCUT2D eigenvalue weighted by molar-refractivity contribution is 0.0940. The Morgan fingerprint density at radius 2 is 2.20 bits per heavy atom. The van der Waals surface area contributed by atoms with Crippen LogP contribution in [0.3, 0.4) is 0 Å². The zero-order chi connectivity index (χ0) is 14.5. The van der Waals surface area contributed by atoms with Crippen LogP contribution in [0.15, 0.2) is 36.5 Å². The van der Waals surface area contributed by atoms with Crippen LogP contribution in [0, 0.1) is 5.82 Å². The van der Waals surface area contributed by atoms with Gasteiger partial charge in [-0.05, 0) is 31.5 Å². The van der Waals surface area contributed by atoms with E-state index in [1.54, 1.807) is 25.1 Å². The van der Waals surface area contributed by atoms with Crippen molar-refractivity contribution in [2.75, 3.05) is 6.54 Å². The van der Waals surface area contributed by atoms with Crippen molar-refractivity contribution < 1.29 is 14.3 Å². The van der Waals surface area contributed by atoms with Gasteiger partial charge in [-0.15, -0.1) is 0 Å². The number of para-hydroxylation sites is 1. The molecule has 1 aromatic carbocycles. The van der Waals surface area contributed by atoms with Crippen molar-refractivity contribution in [2.24, 2.45) is 0 Å². The molecule has 1 atom stereocenters. The topological polar surface area (TPSA) is 67.2 Å². The molecule has 0 aliphatic rings. The normalized spacial score (nSPS) is 12.2. The number of aromatic nitrogens is 2. The molecule has 0 fully saturated rings. The van der Waals surface area contributed by atoms with Crippen LogP contribution in [-0.2, 0) is 0 Å². The number of rotatable bonds is 5. The Morgan fingerprint density at radius 1 is 1.45 bits per heavy atom. The predicted molar refractivity (Wildman–Crippen MR) is 72.2 cm³/mol. The molecule has 0 aliphatic heterocycles. The highest BCUT2D eigenvalue weighted by Gasteiger charge is 2.11. The molecule has 0 bridgehead atoms. The molecule has 1 amide bonds. The second-order valence-corrected chi connectivity index (χ2v) is 4.49. The SMILES string of the molecule is CC(O)CCNC(=O)c1ccn(-c2ccccc2F)n1. The van der Waals surface area contributed by atoms with E-state index in [0.717, 1.165) is 0 Å². The van der Waals surface area contributed by atoms with Crippen molar-refractivity contribution in [3.8, 4) is 5.69 Å². The van der Waals surface area contributed by atoms with E-state index in [1.807, 2.05) is 0 Å². The molecule has 0 aliphatic carbocycles. The number of aliphatic hydroxyl groups excluding tert-OH is 1. The molecule has 106 valence electrons. The largest absolute Gasteiger partial charge is 0.393 e. The third-order valence-electron chi connectivity index (χ3n) is 2.77. The summed E-state index contributed by atoms with van der Waals surface area (Å²) in [5.74, 6) is -0.752. The number of carbonyl (C=O) groups excluding carboxylic acids is 1. The van der Waals surface area contributed by atoms with Gasteiger partial charge in [0.1, 0.15) is 11.5 Å². The summed E-state index contributed by atoms with van der Waals surface area (Å²) in [7, 11) is 0. The monoisotopic (exact) mass is 277 g/mol. The van der Waals surface area contributed by atoms with Crippen molar-refractivity contribution in [3.05, 3.63) is 48.0 Å². The van der Waals surface area contributed by atoms with Gasteiger partial charge in [-0.25, -0.2) is 9.07 Å². The molecule has 5 nitrogen and oxygen atoms in total. The van der Waals surface area contributed by atoms with Gasteiger partial charge in [-0.2, -0.15) is 5.10 Å². The lowest BCUT2D eigenvalue weighted by Gasteiger charge is -2.05. The Bertz CT molecular complexity index is 596. The second kappa shape index (κ2) is 6.29. The van der Waals surface area contributed by atoms with Crippen molar-refractivity contribution in [1.29, 1.82) is 0 Å². The smallest absolute Gasteiger partial charge is 0.271 e. The Morgan fingerprint density at radius 3 is 2.90 bits per heavy atom. The maximum atomic E-state index is 13.6. The summed E-state index contributed by atoms with van der Waals surface area (Å²) in [5, 5.41) is 15.8. The molecule has 0 spiro atoms. The van der Waals surface area contributed by atoms with Gasteiger partial charge in [0, 0.05) is 12.7 Å². The van der Waals surface area contributed by atoms with E-state index in [9.17, 15) is 9.18 Å². The van der Waals surface area contributed by atoms with Gasteiger partial charge in [-0.1, -0.05) is 12.1 Å². The first-order valence-corrected chi connectivity index (χ1v) is 6.35. The van der Waals surface area contributed by atoms with Gasteiger partial charge in [0.25, 0.3) is 5.91 Å². The zero-order valence-corrected chi connectivity index (χ0v) is 11.1. The van der Waals surface area contributed by atoms with Crippen LogP contribution in [0.4, 0.5) is 4.39 Å². The van der Waals surface area contributed by atoms with E-state index in [1.165, 1.54) is 23.0 Å². The van der Waals surface area contributed by atoms with Gasteiger partial charge in [0.2, 0.25) is 0 Å². The molecule has 1 unspecified atom stereocenters. The molecule has 6 heteroatoms. The number of nitrogens with one attached hydrogen (secondary N) is 1. The molecule has 0 saturated heterocycles. The van der Waals surface area contributed by atoms with Crippen molar-refractivity contribution in [2.45, 2.75) is 19.4 Å². The minimum atomic E-state index is -0.466. The molecule has 0 radical (unpaired) electrons.